The molecule has 14 rings (SSSR count). The highest BCUT2D eigenvalue weighted by molar-refractivity contribution is 6.16. The van der Waals surface area contributed by atoms with Crippen LogP contribution in [0.1, 0.15) is 22.3 Å². The quantitative estimate of drug-likeness (QED) is 0.160. The van der Waals surface area contributed by atoms with Gasteiger partial charge in [0.2, 0.25) is 0 Å². The summed E-state index contributed by atoms with van der Waals surface area (Å²) < 4.78 is 13.6. The standard InChI is InChI=1S/C64H39N3O2/c1-3-19-40(20-4-1)44-25-7-8-26-45(44)49-30-16-32-51-58-52(33-18-38-57(58)69-59(49)51)62-65-61(66-63(67-62)53-34-17-31-50-48-29-11-14-37-56(48)68-60(50)53)41-21-15-24-43(39-41)64(42-22-5-2-6-23-42)54-35-12-9-27-46(54)47-28-10-13-36-55(47)64/h1-39H. The van der Waals surface area contributed by atoms with E-state index in [2.05, 4.69) is 200 Å². The van der Waals surface area contributed by atoms with E-state index in [1.54, 1.807) is 0 Å². The Bertz CT molecular complexity index is 4110. The maximum absolute atomic E-state index is 6.91. The molecule has 10 aromatic carbocycles. The number of fused-ring (bicyclic) bond motifs is 9. The van der Waals surface area contributed by atoms with Gasteiger partial charge < -0.3 is 8.83 Å². The molecule has 69 heavy (non-hydrogen) atoms. The van der Waals surface area contributed by atoms with Gasteiger partial charge in [0.1, 0.15) is 22.3 Å². The van der Waals surface area contributed by atoms with E-state index < -0.39 is 5.41 Å². The lowest BCUT2D eigenvalue weighted by atomic mass is 9.67. The average Bonchev–Trinajstić information content (AvgIpc) is 4.10. The summed E-state index contributed by atoms with van der Waals surface area (Å²) in [5.41, 5.74) is 16.7. The first kappa shape index (κ1) is 39.0. The smallest absolute Gasteiger partial charge is 0.167 e. The summed E-state index contributed by atoms with van der Waals surface area (Å²) in [6.45, 7) is 0. The maximum Gasteiger partial charge on any atom is 0.167 e. The van der Waals surface area contributed by atoms with E-state index in [1.165, 1.54) is 27.8 Å². The number of rotatable bonds is 7. The summed E-state index contributed by atoms with van der Waals surface area (Å²) in [5.74, 6) is 1.60. The summed E-state index contributed by atoms with van der Waals surface area (Å²) in [4.78, 5) is 16.2. The Balaban J connectivity index is 1.01. The average molecular weight is 882 g/mol. The van der Waals surface area contributed by atoms with Gasteiger partial charge in [0, 0.05) is 38.2 Å². The van der Waals surface area contributed by atoms with Gasteiger partial charge in [-0.3, -0.25) is 0 Å². The van der Waals surface area contributed by atoms with Crippen molar-refractivity contribution in [3.05, 3.63) is 259 Å². The number of nitrogens with zero attached hydrogens (tertiary/aromatic N) is 3. The third-order valence-corrected chi connectivity index (χ3v) is 14.1. The van der Waals surface area contributed by atoms with Crippen LogP contribution in [0.5, 0.6) is 0 Å². The molecule has 13 aromatic rings. The van der Waals surface area contributed by atoms with E-state index in [9.17, 15) is 0 Å². The summed E-state index contributed by atoms with van der Waals surface area (Å²) in [7, 11) is 0. The lowest BCUT2D eigenvalue weighted by Gasteiger charge is -2.34. The van der Waals surface area contributed by atoms with Crippen molar-refractivity contribution in [1.29, 1.82) is 0 Å². The summed E-state index contributed by atoms with van der Waals surface area (Å²) in [6.07, 6.45) is 0. The Morgan fingerprint density at radius 3 is 1.55 bits per heavy atom. The van der Waals surface area contributed by atoms with Gasteiger partial charge in [-0.15, -0.1) is 0 Å². The van der Waals surface area contributed by atoms with Crippen molar-refractivity contribution in [1.82, 2.24) is 15.0 Å². The molecule has 0 amide bonds. The van der Waals surface area contributed by atoms with E-state index in [-0.39, 0.29) is 0 Å². The van der Waals surface area contributed by atoms with Crippen molar-refractivity contribution < 1.29 is 8.83 Å². The van der Waals surface area contributed by atoms with Crippen LogP contribution in [0.15, 0.2) is 245 Å². The van der Waals surface area contributed by atoms with Crippen LogP contribution in [0.25, 0.3) is 111 Å². The van der Waals surface area contributed by atoms with Crippen LogP contribution in [-0.2, 0) is 5.41 Å². The van der Waals surface area contributed by atoms with Gasteiger partial charge >= 0.3 is 0 Å². The van der Waals surface area contributed by atoms with Gasteiger partial charge in [0.25, 0.3) is 0 Å². The lowest BCUT2D eigenvalue weighted by Crippen LogP contribution is -2.28. The molecule has 3 heterocycles. The third kappa shape index (κ3) is 5.94. The highest BCUT2D eigenvalue weighted by Crippen LogP contribution is 2.56. The highest BCUT2D eigenvalue weighted by atomic mass is 16.3. The Kier molecular flexibility index (Phi) is 8.73. The topological polar surface area (TPSA) is 65.0 Å². The molecule has 0 spiro atoms. The molecule has 0 radical (unpaired) electrons. The number of hydrogen-bond donors (Lipinski definition) is 0. The number of benzene rings is 10. The number of furan rings is 2. The third-order valence-electron chi connectivity index (χ3n) is 14.1. The Hall–Kier alpha value is -9.19. The summed E-state index contributed by atoms with van der Waals surface area (Å²) in [5, 5.41) is 3.96. The van der Waals surface area contributed by atoms with E-state index in [1.807, 2.05) is 36.4 Å². The fourth-order valence-corrected chi connectivity index (χ4v) is 11.1. The zero-order chi connectivity index (χ0) is 45.5. The lowest BCUT2D eigenvalue weighted by molar-refractivity contribution is 0.669. The molecule has 5 heteroatoms. The number of hydrogen-bond acceptors (Lipinski definition) is 5. The first-order valence-electron chi connectivity index (χ1n) is 23.3. The first-order chi connectivity index (χ1) is 34.2. The normalized spacial score (nSPS) is 12.8. The predicted octanol–water partition coefficient (Wildman–Crippen LogP) is 16.4. The Morgan fingerprint density at radius 2 is 0.768 bits per heavy atom. The zero-order valence-electron chi connectivity index (χ0n) is 37.2. The second kappa shape index (κ2) is 15.4. The van der Waals surface area contributed by atoms with E-state index in [0.717, 1.165) is 88.4 Å². The molecule has 3 aromatic heterocycles. The van der Waals surface area contributed by atoms with Crippen molar-refractivity contribution in [2.24, 2.45) is 0 Å². The minimum absolute atomic E-state index is 0.515. The Labute approximate surface area is 397 Å². The molecule has 1 aliphatic rings. The largest absolute Gasteiger partial charge is 0.455 e. The van der Waals surface area contributed by atoms with Crippen molar-refractivity contribution in [2.75, 3.05) is 0 Å². The molecule has 0 aliphatic heterocycles. The van der Waals surface area contributed by atoms with Gasteiger partial charge in [0.15, 0.2) is 17.5 Å². The molecule has 0 saturated carbocycles. The van der Waals surface area contributed by atoms with Crippen LogP contribution < -0.4 is 0 Å². The molecule has 1 aliphatic carbocycles. The van der Waals surface area contributed by atoms with Gasteiger partial charge in [0.05, 0.1) is 11.0 Å². The van der Waals surface area contributed by atoms with E-state index in [0.29, 0.717) is 17.5 Å². The molecule has 0 bridgehead atoms. The Morgan fingerprint density at radius 1 is 0.290 bits per heavy atom. The fraction of sp³-hybridized carbons (Fsp3) is 0.0156. The van der Waals surface area contributed by atoms with Crippen molar-refractivity contribution in [3.63, 3.8) is 0 Å². The molecular formula is C64H39N3O2. The highest BCUT2D eigenvalue weighted by Gasteiger charge is 2.46. The molecule has 5 nitrogen and oxygen atoms in total. The van der Waals surface area contributed by atoms with Gasteiger partial charge in [-0.05, 0) is 74.3 Å². The van der Waals surface area contributed by atoms with Crippen LogP contribution in [-0.4, -0.2) is 15.0 Å². The molecule has 0 unspecified atom stereocenters. The second-order valence-electron chi connectivity index (χ2n) is 17.7. The van der Waals surface area contributed by atoms with E-state index in [4.69, 9.17) is 23.8 Å². The van der Waals surface area contributed by atoms with E-state index >= 15 is 0 Å². The SMILES string of the molecule is c1ccc(-c2ccccc2-c2cccc3c2oc2cccc(-c4nc(-c5cccc(C6(c7ccccc7)c7ccccc7-c7ccccc76)c5)nc(-c5cccc6c5oc5ccccc56)n4)c23)cc1. The van der Waals surface area contributed by atoms with Gasteiger partial charge in [-0.2, -0.15) is 0 Å². The zero-order valence-corrected chi connectivity index (χ0v) is 37.2. The minimum Gasteiger partial charge on any atom is -0.455 e. The monoisotopic (exact) mass is 881 g/mol. The minimum atomic E-state index is -0.596. The molecule has 0 N–H and O–H groups in total. The second-order valence-corrected chi connectivity index (χ2v) is 17.7. The van der Waals surface area contributed by atoms with Crippen molar-refractivity contribution in [2.45, 2.75) is 5.41 Å². The molecule has 0 fully saturated rings. The molecule has 0 saturated heterocycles. The van der Waals surface area contributed by atoms with Crippen molar-refractivity contribution >= 4 is 43.9 Å². The summed E-state index contributed by atoms with van der Waals surface area (Å²) in [6, 6.07) is 83.2. The predicted molar refractivity (Wildman–Crippen MR) is 279 cm³/mol. The van der Waals surface area contributed by atoms with Crippen LogP contribution in [0.2, 0.25) is 0 Å². The number of para-hydroxylation sites is 3. The van der Waals surface area contributed by atoms with Crippen LogP contribution in [0.3, 0.4) is 0 Å². The molecule has 322 valence electrons. The van der Waals surface area contributed by atoms with Crippen LogP contribution >= 0.6 is 0 Å². The fourth-order valence-electron chi connectivity index (χ4n) is 11.1. The summed E-state index contributed by atoms with van der Waals surface area (Å²) >= 11 is 0. The maximum atomic E-state index is 6.91. The van der Waals surface area contributed by atoms with Crippen LogP contribution in [0.4, 0.5) is 0 Å². The molecular weight excluding hydrogens is 843 g/mol. The molecule has 0 atom stereocenters. The van der Waals surface area contributed by atoms with Gasteiger partial charge in [-0.25, -0.2) is 15.0 Å². The van der Waals surface area contributed by atoms with Gasteiger partial charge in [-0.1, -0.05) is 212 Å². The van der Waals surface area contributed by atoms with Crippen molar-refractivity contribution in [3.8, 4) is 67.5 Å². The van der Waals surface area contributed by atoms with Crippen LogP contribution in [0, 0.1) is 0 Å². The first-order valence-corrected chi connectivity index (χ1v) is 23.3. The number of aromatic nitrogens is 3.